The summed E-state index contributed by atoms with van der Waals surface area (Å²) in [5.41, 5.74) is 0.777. The molecule has 2 rings (SSSR count). The normalized spacial score (nSPS) is 10.2. The lowest BCUT2D eigenvalue weighted by Gasteiger charge is -2.08. The van der Waals surface area contributed by atoms with Crippen LogP contribution in [0.4, 0.5) is 0 Å². The van der Waals surface area contributed by atoms with Crippen molar-refractivity contribution in [1.29, 1.82) is 5.26 Å². The molecular weight excluding hydrogens is 338 g/mol. The molecule has 0 aromatic heterocycles. The number of nitriles is 1. The van der Waals surface area contributed by atoms with E-state index in [-0.39, 0.29) is 0 Å². The number of benzene rings is 2. The lowest BCUT2D eigenvalue weighted by Crippen LogP contribution is -1.86. The first kappa shape index (κ1) is 14.5. The molecule has 0 amide bonds. The Morgan fingerprint density at radius 2 is 1.89 bits per heavy atom. The molecular formula is C15H12BrNS2. The Morgan fingerprint density at radius 3 is 2.58 bits per heavy atom. The van der Waals surface area contributed by atoms with E-state index in [1.807, 2.05) is 30.3 Å². The standard InChI is InChI=1S/C15H12BrNS2/c1-2-18-14-7-4-8-15(13(14)10-17)19-12-6-3-5-11(16)9-12/h3-9H,2H2,1H3. The van der Waals surface area contributed by atoms with Crippen LogP contribution in [0, 0.1) is 11.3 Å². The van der Waals surface area contributed by atoms with Crippen molar-refractivity contribution in [2.75, 3.05) is 5.75 Å². The van der Waals surface area contributed by atoms with Gasteiger partial charge in [-0.1, -0.05) is 46.7 Å². The van der Waals surface area contributed by atoms with Crippen molar-refractivity contribution in [2.45, 2.75) is 21.6 Å². The van der Waals surface area contributed by atoms with Crippen LogP contribution in [0.25, 0.3) is 0 Å². The van der Waals surface area contributed by atoms with Gasteiger partial charge in [0.25, 0.3) is 0 Å². The number of rotatable bonds is 4. The second-order valence-electron chi connectivity index (χ2n) is 3.73. The van der Waals surface area contributed by atoms with Gasteiger partial charge in [-0.25, -0.2) is 0 Å². The van der Waals surface area contributed by atoms with Gasteiger partial charge in [-0.15, -0.1) is 11.8 Å². The fraction of sp³-hybridized carbons (Fsp3) is 0.133. The summed E-state index contributed by atoms with van der Waals surface area (Å²) >= 11 is 6.80. The molecule has 0 heterocycles. The molecule has 0 radical (unpaired) electrons. The van der Waals surface area contributed by atoms with Crippen LogP contribution in [0.1, 0.15) is 12.5 Å². The van der Waals surface area contributed by atoms with E-state index in [0.29, 0.717) is 0 Å². The fourth-order valence-electron chi connectivity index (χ4n) is 1.64. The quantitative estimate of drug-likeness (QED) is 0.672. The van der Waals surface area contributed by atoms with Gasteiger partial charge in [-0.2, -0.15) is 5.26 Å². The zero-order valence-corrected chi connectivity index (χ0v) is 13.6. The molecule has 0 aliphatic rings. The van der Waals surface area contributed by atoms with Crippen LogP contribution in [0.15, 0.2) is 61.6 Å². The molecule has 0 fully saturated rings. The van der Waals surface area contributed by atoms with Gasteiger partial charge in [0.15, 0.2) is 0 Å². The topological polar surface area (TPSA) is 23.8 Å². The van der Waals surface area contributed by atoms with Crippen LogP contribution in [0.2, 0.25) is 0 Å². The summed E-state index contributed by atoms with van der Waals surface area (Å²) in [5, 5.41) is 9.37. The van der Waals surface area contributed by atoms with Crippen LogP contribution in [-0.2, 0) is 0 Å². The summed E-state index contributed by atoms with van der Waals surface area (Å²) in [6.45, 7) is 2.10. The maximum atomic E-state index is 9.37. The molecule has 0 aliphatic heterocycles. The van der Waals surface area contributed by atoms with Crippen molar-refractivity contribution < 1.29 is 0 Å². The maximum Gasteiger partial charge on any atom is 0.101 e. The second-order valence-corrected chi connectivity index (χ2v) is 7.07. The largest absolute Gasteiger partial charge is 0.192 e. The third kappa shape index (κ3) is 3.79. The predicted octanol–water partition coefficient (Wildman–Crippen LogP) is 5.58. The molecule has 19 heavy (non-hydrogen) atoms. The zero-order valence-electron chi connectivity index (χ0n) is 10.4. The third-order valence-corrected chi connectivity index (χ3v) is 4.91. The number of hydrogen-bond donors (Lipinski definition) is 0. The summed E-state index contributed by atoms with van der Waals surface area (Å²) < 4.78 is 1.05. The number of halogens is 1. The molecule has 2 aromatic rings. The molecule has 0 aliphatic carbocycles. The molecule has 0 saturated heterocycles. The minimum absolute atomic E-state index is 0.777. The number of thioether (sulfide) groups is 1. The first-order chi connectivity index (χ1) is 9.24. The summed E-state index contributed by atoms with van der Waals surface area (Å²) in [6.07, 6.45) is 0. The fourth-order valence-corrected chi connectivity index (χ4v) is 4.03. The predicted molar refractivity (Wildman–Crippen MR) is 85.8 cm³/mol. The van der Waals surface area contributed by atoms with Gasteiger partial charge in [0.05, 0.1) is 5.56 Å². The van der Waals surface area contributed by atoms with E-state index in [2.05, 4.69) is 41.1 Å². The van der Waals surface area contributed by atoms with E-state index >= 15 is 0 Å². The van der Waals surface area contributed by atoms with Crippen molar-refractivity contribution in [3.63, 3.8) is 0 Å². The lowest BCUT2D eigenvalue weighted by molar-refractivity contribution is 1.25. The van der Waals surface area contributed by atoms with E-state index in [4.69, 9.17) is 0 Å². The SMILES string of the molecule is CCSc1cccc(Sc2cccc(Br)c2)c1C#N. The van der Waals surface area contributed by atoms with Gasteiger partial charge in [0.1, 0.15) is 6.07 Å². The summed E-state index contributed by atoms with van der Waals surface area (Å²) in [6, 6.07) is 16.5. The highest BCUT2D eigenvalue weighted by Crippen LogP contribution is 2.35. The first-order valence-corrected chi connectivity index (χ1v) is 8.43. The molecule has 1 nitrogen and oxygen atoms in total. The Kier molecular flexibility index (Phi) is 5.38. The molecule has 0 unspecified atom stereocenters. The molecule has 0 atom stereocenters. The van der Waals surface area contributed by atoms with Crippen LogP contribution in [0.5, 0.6) is 0 Å². The highest BCUT2D eigenvalue weighted by Gasteiger charge is 2.09. The molecule has 2 aromatic carbocycles. The van der Waals surface area contributed by atoms with E-state index < -0.39 is 0 Å². The Labute approximate surface area is 130 Å². The van der Waals surface area contributed by atoms with E-state index in [1.54, 1.807) is 23.5 Å². The van der Waals surface area contributed by atoms with Gasteiger partial charge in [-0.3, -0.25) is 0 Å². The maximum absolute atomic E-state index is 9.37. The van der Waals surface area contributed by atoms with Crippen LogP contribution in [0.3, 0.4) is 0 Å². The smallest absolute Gasteiger partial charge is 0.101 e. The van der Waals surface area contributed by atoms with Crippen LogP contribution in [-0.4, -0.2) is 5.75 Å². The van der Waals surface area contributed by atoms with Gasteiger partial charge >= 0.3 is 0 Å². The Morgan fingerprint density at radius 1 is 1.16 bits per heavy atom. The molecule has 0 N–H and O–H groups in total. The van der Waals surface area contributed by atoms with Crippen molar-refractivity contribution in [1.82, 2.24) is 0 Å². The van der Waals surface area contributed by atoms with Crippen molar-refractivity contribution in [3.05, 3.63) is 52.5 Å². The average molecular weight is 350 g/mol. The van der Waals surface area contributed by atoms with Gasteiger partial charge in [-0.05, 0) is 36.1 Å². The number of hydrogen-bond acceptors (Lipinski definition) is 3. The van der Waals surface area contributed by atoms with E-state index in [1.165, 1.54) is 0 Å². The monoisotopic (exact) mass is 349 g/mol. The highest BCUT2D eigenvalue weighted by atomic mass is 79.9. The first-order valence-electron chi connectivity index (χ1n) is 5.84. The van der Waals surface area contributed by atoms with E-state index in [0.717, 1.165) is 30.5 Å². The summed E-state index contributed by atoms with van der Waals surface area (Å²) in [4.78, 5) is 3.20. The Bertz CT molecular complexity index is 620. The Balaban J connectivity index is 2.35. The molecule has 0 bridgehead atoms. The van der Waals surface area contributed by atoms with Crippen LogP contribution >= 0.6 is 39.5 Å². The van der Waals surface area contributed by atoms with Gasteiger partial charge < -0.3 is 0 Å². The lowest BCUT2D eigenvalue weighted by atomic mass is 10.2. The van der Waals surface area contributed by atoms with Gasteiger partial charge in [0.2, 0.25) is 0 Å². The summed E-state index contributed by atoms with van der Waals surface area (Å²) in [7, 11) is 0. The minimum Gasteiger partial charge on any atom is -0.192 e. The summed E-state index contributed by atoms with van der Waals surface area (Å²) in [5.74, 6) is 0.972. The molecule has 4 heteroatoms. The number of nitrogens with zero attached hydrogens (tertiary/aromatic N) is 1. The van der Waals surface area contributed by atoms with Crippen LogP contribution < -0.4 is 0 Å². The molecule has 96 valence electrons. The van der Waals surface area contributed by atoms with Gasteiger partial charge in [0, 0.05) is 19.2 Å². The van der Waals surface area contributed by atoms with Crippen molar-refractivity contribution in [2.24, 2.45) is 0 Å². The van der Waals surface area contributed by atoms with Crippen molar-refractivity contribution >= 4 is 39.5 Å². The Hall–Kier alpha value is -0.890. The molecule has 0 spiro atoms. The molecule has 0 saturated carbocycles. The minimum atomic E-state index is 0.777. The van der Waals surface area contributed by atoms with Crippen molar-refractivity contribution in [3.8, 4) is 6.07 Å². The third-order valence-electron chi connectivity index (χ3n) is 2.42. The second kappa shape index (κ2) is 7.04. The highest BCUT2D eigenvalue weighted by molar-refractivity contribution is 9.10. The zero-order chi connectivity index (χ0) is 13.7. The van der Waals surface area contributed by atoms with E-state index in [9.17, 15) is 5.26 Å². The average Bonchev–Trinajstić information content (AvgIpc) is 2.39.